The molecule has 2 bridgehead atoms. The minimum atomic E-state index is -3.99. The molecular formula is C34H69NO5P+. The van der Waals surface area contributed by atoms with Crippen molar-refractivity contribution in [1.29, 1.82) is 0 Å². The van der Waals surface area contributed by atoms with E-state index in [0.29, 0.717) is 13.2 Å². The lowest BCUT2D eigenvalue weighted by atomic mass is 9.85. The summed E-state index contributed by atoms with van der Waals surface area (Å²) in [4.78, 5) is 10.2. The molecule has 3 aliphatic heterocycles. The van der Waals surface area contributed by atoms with E-state index in [0.717, 1.165) is 44.6 Å². The molecule has 244 valence electrons. The van der Waals surface area contributed by atoms with Crippen molar-refractivity contribution in [2.45, 2.75) is 155 Å². The summed E-state index contributed by atoms with van der Waals surface area (Å²) in [6.07, 6.45) is 28.2. The zero-order valence-corrected chi connectivity index (χ0v) is 28.2. The topological polar surface area (TPSA) is 65.0 Å². The molecule has 2 atom stereocenters. The zero-order chi connectivity index (χ0) is 29.5. The maximum Gasteiger partial charge on any atom is 0.472 e. The first kappa shape index (κ1) is 37.2. The smallest absolute Gasteiger partial charge is 0.381 e. The molecule has 3 fully saturated rings. The summed E-state index contributed by atoms with van der Waals surface area (Å²) in [7, 11) is -3.99. The van der Waals surface area contributed by atoms with Crippen LogP contribution in [-0.4, -0.2) is 62.0 Å². The minimum absolute atomic E-state index is 0.137. The van der Waals surface area contributed by atoms with E-state index in [2.05, 4.69) is 13.8 Å². The highest BCUT2D eigenvalue weighted by atomic mass is 31.2. The number of quaternary nitrogens is 1. The Morgan fingerprint density at radius 2 is 1.17 bits per heavy atom. The van der Waals surface area contributed by atoms with Crippen molar-refractivity contribution < 1.29 is 27.7 Å². The summed E-state index contributed by atoms with van der Waals surface area (Å²) in [5, 5.41) is 0. The fraction of sp³-hybridized carbons (Fsp3) is 1.00. The third kappa shape index (κ3) is 18.4. The van der Waals surface area contributed by atoms with Gasteiger partial charge in [-0.05, 0) is 57.3 Å². The third-order valence-corrected chi connectivity index (χ3v) is 10.7. The SMILES string of the molecule is CCCCCCCCCCCCCCCCOCC(CCC)COP(=O)(O)OCCCCC[N+]12CCC(CC1)CC2. The van der Waals surface area contributed by atoms with E-state index in [1.807, 2.05) is 0 Å². The van der Waals surface area contributed by atoms with Crippen LogP contribution < -0.4 is 0 Å². The van der Waals surface area contributed by atoms with Gasteiger partial charge in [0.25, 0.3) is 0 Å². The van der Waals surface area contributed by atoms with Crippen LogP contribution in [0.1, 0.15) is 155 Å². The van der Waals surface area contributed by atoms with E-state index in [9.17, 15) is 9.46 Å². The van der Waals surface area contributed by atoms with Crippen molar-refractivity contribution >= 4 is 7.82 Å². The Bertz CT molecular complexity index is 641. The van der Waals surface area contributed by atoms with Crippen molar-refractivity contribution in [3.8, 4) is 0 Å². The second-order valence-electron chi connectivity index (χ2n) is 13.5. The predicted octanol–water partition coefficient (Wildman–Crippen LogP) is 9.84. The molecule has 6 nitrogen and oxygen atoms in total. The first-order valence-electron chi connectivity index (χ1n) is 18.0. The molecule has 3 heterocycles. The summed E-state index contributed by atoms with van der Waals surface area (Å²) in [5.41, 5.74) is 0. The normalized spacial score (nSPS) is 22.7. The van der Waals surface area contributed by atoms with Crippen molar-refractivity contribution in [2.75, 3.05) is 52.6 Å². The van der Waals surface area contributed by atoms with E-state index in [1.165, 1.54) is 140 Å². The second-order valence-corrected chi connectivity index (χ2v) is 14.9. The Morgan fingerprint density at radius 1 is 0.659 bits per heavy atom. The number of unbranched alkanes of at least 4 members (excludes halogenated alkanes) is 15. The van der Waals surface area contributed by atoms with Gasteiger partial charge in [0.1, 0.15) is 0 Å². The Morgan fingerprint density at radius 3 is 1.73 bits per heavy atom. The molecule has 0 saturated carbocycles. The molecule has 0 aromatic heterocycles. The third-order valence-electron chi connectivity index (χ3n) is 9.73. The number of hydrogen-bond acceptors (Lipinski definition) is 4. The van der Waals surface area contributed by atoms with Gasteiger partial charge in [-0.3, -0.25) is 9.05 Å². The average Bonchev–Trinajstić information content (AvgIpc) is 2.98. The maximum absolute atomic E-state index is 12.4. The average molecular weight is 603 g/mol. The number of fused-ring (bicyclic) bond motifs is 3. The van der Waals surface area contributed by atoms with Crippen LogP contribution in [0.5, 0.6) is 0 Å². The van der Waals surface area contributed by atoms with Crippen LogP contribution in [0, 0.1) is 11.8 Å². The van der Waals surface area contributed by atoms with Crippen molar-refractivity contribution in [1.82, 2.24) is 0 Å². The van der Waals surface area contributed by atoms with Crippen LogP contribution in [0.2, 0.25) is 0 Å². The number of ether oxygens (including phenoxy) is 1. The summed E-state index contributed by atoms with van der Waals surface area (Å²) in [5.74, 6) is 1.14. The Kier molecular flexibility index (Phi) is 21.3. The van der Waals surface area contributed by atoms with E-state index in [-0.39, 0.29) is 12.5 Å². The van der Waals surface area contributed by atoms with Gasteiger partial charge in [-0.15, -0.1) is 0 Å². The summed E-state index contributed by atoms with van der Waals surface area (Å²) < 4.78 is 30.3. The standard InChI is InChI=1S/C34H68NO5P/c1-3-5-6-7-8-9-10-11-12-13-14-15-16-19-29-38-31-34(21-4-2)32-40-41(36,37)39-30-20-17-18-25-35-26-22-33(23-27-35)24-28-35/h33-34H,3-32H2,1-2H3/p+1. The first-order valence-corrected chi connectivity index (χ1v) is 19.5. The molecule has 0 aromatic rings. The van der Waals surface area contributed by atoms with Crippen LogP contribution >= 0.6 is 7.82 Å². The van der Waals surface area contributed by atoms with E-state index < -0.39 is 7.82 Å². The molecule has 0 aromatic carbocycles. The number of piperidine rings is 3. The lowest BCUT2D eigenvalue weighted by Gasteiger charge is -2.49. The highest BCUT2D eigenvalue weighted by Crippen LogP contribution is 2.44. The van der Waals surface area contributed by atoms with Gasteiger partial charge in [-0.25, -0.2) is 4.57 Å². The van der Waals surface area contributed by atoms with Gasteiger partial charge in [0.2, 0.25) is 0 Å². The fourth-order valence-corrected chi connectivity index (χ4v) is 7.72. The van der Waals surface area contributed by atoms with Gasteiger partial charge in [0.05, 0.1) is 46.0 Å². The molecule has 0 amide bonds. The predicted molar refractivity (Wildman–Crippen MR) is 172 cm³/mol. The molecule has 0 radical (unpaired) electrons. The van der Waals surface area contributed by atoms with Crippen LogP contribution in [0.25, 0.3) is 0 Å². The minimum Gasteiger partial charge on any atom is -0.381 e. The van der Waals surface area contributed by atoms with Crippen LogP contribution in [0.4, 0.5) is 0 Å². The maximum atomic E-state index is 12.4. The number of nitrogens with zero attached hydrogens (tertiary/aromatic N) is 1. The molecule has 3 rings (SSSR count). The highest BCUT2D eigenvalue weighted by Gasteiger charge is 2.38. The van der Waals surface area contributed by atoms with Crippen molar-refractivity contribution in [3.63, 3.8) is 0 Å². The number of rotatable bonds is 29. The van der Waals surface area contributed by atoms with Crippen molar-refractivity contribution in [2.24, 2.45) is 11.8 Å². The summed E-state index contributed by atoms with van der Waals surface area (Å²) >= 11 is 0. The van der Waals surface area contributed by atoms with Gasteiger partial charge in [-0.1, -0.05) is 104 Å². The summed E-state index contributed by atoms with van der Waals surface area (Å²) in [6.45, 7) is 11.6. The molecule has 3 aliphatic rings. The molecule has 0 aliphatic carbocycles. The number of phosphoric acid groups is 1. The largest absolute Gasteiger partial charge is 0.472 e. The molecular weight excluding hydrogens is 533 g/mol. The van der Waals surface area contributed by atoms with E-state index in [4.69, 9.17) is 13.8 Å². The van der Waals surface area contributed by atoms with Gasteiger partial charge < -0.3 is 14.1 Å². The van der Waals surface area contributed by atoms with Crippen molar-refractivity contribution in [3.05, 3.63) is 0 Å². The molecule has 3 saturated heterocycles. The molecule has 2 unspecified atom stereocenters. The zero-order valence-electron chi connectivity index (χ0n) is 27.3. The summed E-state index contributed by atoms with van der Waals surface area (Å²) in [6, 6.07) is 0. The van der Waals surface area contributed by atoms with E-state index >= 15 is 0 Å². The Hall–Kier alpha value is 0.0300. The first-order chi connectivity index (χ1) is 20.0. The van der Waals surface area contributed by atoms with Crippen LogP contribution in [-0.2, 0) is 18.3 Å². The molecule has 0 spiro atoms. The number of hydrogen-bond donors (Lipinski definition) is 1. The Labute approximate surface area is 254 Å². The van der Waals surface area contributed by atoms with Gasteiger partial charge in [0.15, 0.2) is 0 Å². The quantitative estimate of drug-likeness (QED) is 0.0524. The molecule has 1 N–H and O–H groups in total. The molecule has 7 heteroatoms. The van der Waals surface area contributed by atoms with Crippen LogP contribution in [0.3, 0.4) is 0 Å². The fourth-order valence-electron chi connectivity index (χ4n) is 6.89. The number of phosphoric ester groups is 1. The lowest BCUT2D eigenvalue weighted by Crippen LogP contribution is -2.58. The Balaban J connectivity index is 1.39. The lowest BCUT2D eigenvalue weighted by molar-refractivity contribution is -0.942. The van der Waals surface area contributed by atoms with Gasteiger partial charge >= 0.3 is 7.82 Å². The second kappa shape index (κ2) is 23.4. The van der Waals surface area contributed by atoms with E-state index in [1.54, 1.807) is 0 Å². The van der Waals surface area contributed by atoms with Crippen LogP contribution in [0.15, 0.2) is 0 Å². The molecule has 41 heavy (non-hydrogen) atoms. The van der Waals surface area contributed by atoms with Gasteiger partial charge in [-0.2, -0.15) is 0 Å². The van der Waals surface area contributed by atoms with Gasteiger partial charge in [0, 0.05) is 12.5 Å². The monoisotopic (exact) mass is 602 g/mol. The highest BCUT2D eigenvalue weighted by molar-refractivity contribution is 7.47.